The fourth-order valence-electron chi connectivity index (χ4n) is 2.60. The molecule has 1 aromatic carbocycles. The minimum absolute atomic E-state index is 0.335. The summed E-state index contributed by atoms with van der Waals surface area (Å²) in [6.45, 7) is 3.19. The Morgan fingerprint density at radius 2 is 1.70 bits per heavy atom. The van der Waals surface area contributed by atoms with Crippen LogP contribution in [0.2, 0.25) is 0 Å². The number of nitrogens with one attached hydrogen (secondary N) is 1. The topological polar surface area (TPSA) is 101 Å². The molecule has 2 rings (SSSR count). The number of rotatable bonds is 5. The summed E-state index contributed by atoms with van der Waals surface area (Å²) in [6, 6.07) is 6.42. The molecule has 0 bridgehead atoms. The van der Waals surface area contributed by atoms with Crippen LogP contribution in [0.4, 0.5) is 5.69 Å². The van der Waals surface area contributed by atoms with Crippen LogP contribution in [0.15, 0.2) is 24.3 Å². The Labute approximate surface area is 135 Å². The van der Waals surface area contributed by atoms with Gasteiger partial charge in [-0.2, -0.15) is 0 Å². The van der Waals surface area contributed by atoms with Crippen LogP contribution in [0.25, 0.3) is 0 Å². The lowest BCUT2D eigenvalue weighted by Crippen LogP contribution is -2.54. The number of sulfone groups is 1. The fraction of sp³-hybridized carbons (Fsp3) is 0.500. The van der Waals surface area contributed by atoms with Crippen molar-refractivity contribution in [1.29, 1.82) is 0 Å². The zero-order valence-electron chi connectivity index (χ0n) is 13.4. The number of aliphatic carboxylic acids is 1. The van der Waals surface area contributed by atoms with Gasteiger partial charge in [-0.1, -0.05) is 12.1 Å². The first-order valence-corrected chi connectivity index (χ1v) is 9.25. The highest BCUT2D eigenvalue weighted by Gasteiger charge is 2.52. The molecule has 0 saturated heterocycles. The van der Waals surface area contributed by atoms with Gasteiger partial charge in [0, 0.05) is 11.9 Å². The van der Waals surface area contributed by atoms with Gasteiger partial charge in [-0.05, 0) is 50.8 Å². The number of carboxylic acid groups (broad SMARTS) is 1. The average Bonchev–Trinajstić information content (AvgIpc) is 2.35. The predicted octanol–water partition coefficient (Wildman–Crippen LogP) is 1.95. The quantitative estimate of drug-likeness (QED) is 0.854. The molecule has 1 fully saturated rings. The van der Waals surface area contributed by atoms with E-state index >= 15 is 0 Å². The Morgan fingerprint density at radius 3 is 2.04 bits per heavy atom. The van der Waals surface area contributed by atoms with E-state index in [9.17, 15) is 23.1 Å². The SMILES string of the molecule is CC(C)(C(=O)O)c1ccc(NC(=O)C2(S(C)(=O)=O)CCC2)cc1. The Bertz CT molecular complexity index is 730. The van der Waals surface area contributed by atoms with E-state index in [4.69, 9.17) is 0 Å². The summed E-state index contributed by atoms with van der Waals surface area (Å²) in [6.07, 6.45) is 2.47. The Balaban J connectivity index is 2.19. The average molecular weight is 339 g/mol. The van der Waals surface area contributed by atoms with Gasteiger partial charge in [0.2, 0.25) is 5.91 Å². The number of carboxylic acids is 1. The van der Waals surface area contributed by atoms with E-state index in [1.165, 1.54) is 0 Å². The van der Waals surface area contributed by atoms with Crippen molar-refractivity contribution >= 4 is 27.4 Å². The van der Waals surface area contributed by atoms with Crippen molar-refractivity contribution in [2.45, 2.75) is 43.3 Å². The fourth-order valence-corrected chi connectivity index (χ4v) is 4.02. The van der Waals surface area contributed by atoms with E-state index in [0.29, 0.717) is 30.5 Å². The van der Waals surface area contributed by atoms with Gasteiger partial charge in [-0.3, -0.25) is 9.59 Å². The number of anilines is 1. The number of hydrogen-bond acceptors (Lipinski definition) is 4. The van der Waals surface area contributed by atoms with E-state index in [2.05, 4.69) is 5.32 Å². The molecule has 1 aliphatic rings. The molecular weight excluding hydrogens is 318 g/mol. The third-order valence-corrected chi connectivity index (χ3v) is 6.70. The zero-order chi connectivity index (χ0) is 17.5. The van der Waals surface area contributed by atoms with Crippen LogP contribution < -0.4 is 5.32 Å². The Morgan fingerprint density at radius 1 is 1.17 bits per heavy atom. The summed E-state index contributed by atoms with van der Waals surface area (Å²) in [7, 11) is -3.48. The largest absolute Gasteiger partial charge is 0.481 e. The van der Waals surface area contributed by atoms with Crippen molar-refractivity contribution in [3.05, 3.63) is 29.8 Å². The number of carbonyl (C=O) groups excluding carboxylic acids is 1. The molecule has 0 heterocycles. The van der Waals surface area contributed by atoms with Crippen molar-refractivity contribution < 1.29 is 23.1 Å². The molecule has 0 aliphatic heterocycles. The van der Waals surface area contributed by atoms with E-state index in [1.807, 2.05) is 0 Å². The summed E-state index contributed by atoms with van der Waals surface area (Å²) >= 11 is 0. The van der Waals surface area contributed by atoms with Crippen LogP contribution >= 0.6 is 0 Å². The van der Waals surface area contributed by atoms with Crippen LogP contribution in [0, 0.1) is 0 Å². The molecule has 1 aliphatic carbocycles. The molecule has 0 radical (unpaired) electrons. The highest BCUT2D eigenvalue weighted by Crippen LogP contribution is 2.40. The van der Waals surface area contributed by atoms with Gasteiger partial charge in [0.05, 0.1) is 5.41 Å². The van der Waals surface area contributed by atoms with E-state index in [-0.39, 0.29) is 0 Å². The minimum atomic E-state index is -3.48. The summed E-state index contributed by atoms with van der Waals surface area (Å²) < 4.78 is 22.5. The number of hydrogen-bond donors (Lipinski definition) is 2. The maximum Gasteiger partial charge on any atom is 0.313 e. The van der Waals surface area contributed by atoms with E-state index in [0.717, 1.165) is 6.26 Å². The number of amides is 1. The normalized spacial score (nSPS) is 17.2. The highest BCUT2D eigenvalue weighted by atomic mass is 32.2. The van der Waals surface area contributed by atoms with Crippen molar-refractivity contribution in [2.75, 3.05) is 11.6 Å². The molecule has 7 heteroatoms. The van der Waals surface area contributed by atoms with E-state index in [1.54, 1.807) is 38.1 Å². The van der Waals surface area contributed by atoms with Gasteiger partial charge in [0.1, 0.15) is 0 Å². The molecule has 0 aromatic heterocycles. The van der Waals surface area contributed by atoms with Gasteiger partial charge in [0.25, 0.3) is 0 Å². The lowest BCUT2D eigenvalue weighted by molar-refractivity contribution is -0.142. The second-order valence-electron chi connectivity index (χ2n) is 6.58. The summed E-state index contributed by atoms with van der Waals surface area (Å²) in [5.74, 6) is -1.46. The summed E-state index contributed by atoms with van der Waals surface area (Å²) in [5.41, 5.74) is 0.0177. The van der Waals surface area contributed by atoms with Crippen molar-refractivity contribution in [1.82, 2.24) is 0 Å². The maximum absolute atomic E-state index is 12.4. The predicted molar refractivity (Wildman–Crippen MR) is 87.2 cm³/mol. The highest BCUT2D eigenvalue weighted by molar-refractivity contribution is 7.93. The lowest BCUT2D eigenvalue weighted by atomic mass is 9.83. The van der Waals surface area contributed by atoms with Crippen LogP contribution in [0.1, 0.15) is 38.7 Å². The van der Waals surface area contributed by atoms with Crippen LogP contribution in [0.5, 0.6) is 0 Å². The molecule has 1 aromatic rings. The molecule has 126 valence electrons. The van der Waals surface area contributed by atoms with Crippen molar-refractivity contribution in [3.63, 3.8) is 0 Å². The summed E-state index contributed by atoms with van der Waals surface area (Å²) in [5, 5.41) is 11.8. The second kappa shape index (κ2) is 5.63. The van der Waals surface area contributed by atoms with Gasteiger partial charge in [-0.15, -0.1) is 0 Å². The molecule has 6 nitrogen and oxygen atoms in total. The number of benzene rings is 1. The Kier molecular flexibility index (Phi) is 4.28. The Hall–Kier alpha value is -1.89. The first kappa shape index (κ1) is 17.5. The van der Waals surface area contributed by atoms with Gasteiger partial charge in [0.15, 0.2) is 14.6 Å². The van der Waals surface area contributed by atoms with Crippen LogP contribution in [-0.4, -0.2) is 36.4 Å². The molecule has 1 amide bonds. The number of carbonyl (C=O) groups is 2. The van der Waals surface area contributed by atoms with Crippen molar-refractivity contribution in [2.24, 2.45) is 0 Å². The molecule has 0 atom stereocenters. The molecule has 1 saturated carbocycles. The third-order valence-electron chi connectivity index (χ3n) is 4.68. The standard InChI is InChI=1S/C16H21NO5S/c1-15(2,14(19)20)11-5-7-12(8-6-11)17-13(18)16(9-4-10-16)23(3,21)22/h5-8H,4,9-10H2,1-3H3,(H,17,18)(H,19,20). The molecular formula is C16H21NO5S. The lowest BCUT2D eigenvalue weighted by Gasteiger charge is -2.38. The third kappa shape index (κ3) is 2.97. The van der Waals surface area contributed by atoms with Gasteiger partial charge >= 0.3 is 5.97 Å². The molecule has 0 unspecified atom stereocenters. The van der Waals surface area contributed by atoms with Gasteiger partial charge in [-0.25, -0.2) is 8.42 Å². The molecule has 23 heavy (non-hydrogen) atoms. The van der Waals surface area contributed by atoms with E-state index < -0.39 is 31.9 Å². The second-order valence-corrected chi connectivity index (χ2v) is 8.91. The smallest absolute Gasteiger partial charge is 0.313 e. The van der Waals surface area contributed by atoms with Gasteiger partial charge < -0.3 is 10.4 Å². The van der Waals surface area contributed by atoms with Crippen molar-refractivity contribution in [3.8, 4) is 0 Å². The monoisotopic (exact) mass is 339 g/mol. The first-order valence-electron chi connectivity index (χ1n) is 7.36. The molecule has 2 N–H and O–H groups in total. The summed E-state index contributed by atoms with van der Waals surface area (Å²) in [4.78, 5) is 23.6. The molecule has 0 spiro atoms. The van der Waals surface area contributed by atoms with Crippen LogP contribution in [0.3, 0.4) is 0 Å². The minimum Gasteiger partial charge on any atom is -0.481 e. The van der Waals surface area contributed by atoms with Crippen LogP contribution in [-0.2, 0) is 24.8 Å². The maximum atomic E-state index is 12.4. The zero-order valence-corrected chi connectivity index (χ0v) is 14.2. The first-order chi connectivity index (χ1) is 10.5.